The fourth-order valence-corrected chi connectivity index (χ4v) is 3.32. The van der Waals surface area contributed by atoms with Crippen molar-refractivity contribution < 1.29 is 36.0 Å². The first-order valence-corrected chi connectivity index (χ1v) is 10.9. The van der Waals surface area contributed by atoms with Gasteiger partial charge in [0.15, 0.2) is 6.61 Å². The van der Waals surface area contributed by atoms with Crippen LogP contribution in [-0.4, -0.2) is 76.0 Å². The molecule has 3 heterocycles. The van der Waals surface area contributed by atoms with Crippen LogP contribution in [0.5, 0.6) is 0 Å². The van der Waals surface area contributed by atoms with Crippen molar-refractivity contribution in [2.75, 3.05) is 43.0 Å². The normalized spacial score (nSPS) is 15.6. The number of anilines is 2. The predicted molar refractivity (Wildman–Crippen MR) is 118 cm³/mol. The average Bonchev–Trinajstić information content (AvgIpc) is 2.84. The molecule has 0 aromatic carbocycles. The number of aromatic amines is 1. The SMILES string of the molecule is CCC(C=NOCC(=O)N1CCN(c2ncc(C(F)(F)F)cn2)CC1)Nc1cn[nH]c(=O)c1C(F)(F)F. The largest absolute Gasteiger partial charge is 0.423 e. The van der Waals surface area contributed by atoms with Crippen molar-refractivity contribution >= 4 is 23.8 Å². The van der Waals surface area contributed by atoms with Crippen LogP contribution in [0.4, 0.5) is 38.0 Å². The van der Waals surface area contributed by atoms with Gasteiger partial charge < -0.3 is 20.0 Å². The Hall–Kier alpha value is -3.92. The molecule has 1 saturated heterocycles. The van der Waals surface area contributed by atoms with Crippen LogP contribution in [0, 0.1) is 0 Å². The van der Waals surface area contributed by atoms with Gasteiger partial charge in [-0.3, -0.25) is 9.59 Å². The van der Waals surface area contributed by atoms with Crippen LogP contribution in [0.15, 0.2) is 28.5 Å². The highest BCUT2D eigenvalue weighted by Crippen LogP contribution is 2.31. The van der Waals surface area contributed by atoms with Gasteiger partial charge in [0.25, 0.3) is 11.5 Å². The second kappa shape index (κ2) is 11.4. The molecule has 1 fully saturated rings. The number of nitrogens with one attached hydrogen (secondary N) is 2. The number of halogens is 6. The van der Waals surface area contributed by atoms with E-state index in [4.69, 9.17) is 4.84 Å². The molecule has 0 spiro atoms. The molecule has 2 aromatic heterocycles. The molecule has 11 nitrogen and oxygen atoms in total. The van der Waals surface area contributed by atoms with Crippen molar-refractivity contribution in [1.29, 1.82) is 0 Å². The molecule has 1 unspecified atom stereocenters. The lowest BCUT2D eigenvalue weighted by atomic mass is 10.2. The summed E-state index contributed by atoms with van der Waals surface area (Å²) in [6, 6.07) is -0.757. The molecule has 0 saturated carbocycles. The molecule has 0 bridgehead atoms. The summed E-state index contributed by atoms with van der Waals surface area (Å²) < 4.78 is 77.5. The summed E-state index contributed by atoms with van der Waals surface area (Å²) in [5, 5.41) is 11.3. The number of rotatable bonds is 8. The number of nitrogens with zero attached hydrogens (tertiary/aromatic N) is 6. The molecule has 0 radical (unpaired) electrons. The van der Waals surface area contributed by atoms with Crippen molar-refractivity contribution in [3.8, 4) is 0 Å². The Bertz CT molecular complexity index is 1140. The summed E-state index contributed by atoms with van der Waals surface area (Å²) in [5.74, 6) is -0.298. The summed E-state index contributed by atoms with van der Waals surface area (Å²) in [5.41, 5.74) is -4.30. The van der Waals surface area contributed by atoms with Crippen molar-refractivity contribution in [3.05, 3.63) is 40.1 Å². The van der Waals surface area contributed by atoms with Gasteiger partial charge in [0, 0.05) is 38.6 Å². The first-order valence-electron chi connectivity index (χ1n) is 10.9. The number of piperazine rings is 1. The molecule has 1 amide bonds. The Morgan fingerprint density at radius 2 is 1.78 bits per heavy atom. The molecular weight excluding hydrogens is 514 g/mol. The molecule has 37 heavy (non-hydrogen) atoms. The van der Waals surface area contributed by atoms with E-state index in [0.29, 0.717) is 12.4 Å². The van der Waals surface area contributed by atoms with Gasteiger partial charge in [0.05, 0.1) is 29.7 Å². The maximum Gasteiger partial charge on any atom is 0.423 e. The van der Waals surface area contributed by atoms with Crippen molar-refractivity contribution in [3.63, 3.8) is 0 Å². The monoisotopic (exact) mass is 536 g/mol. The third kappa shape index (κ3) is 7.29. The van der Waals surface area contributed by atoms with Crippen molar-refractivity contribution in [2.45, 2.75) is 31.7 Å². The minimum Gasteiger partial charge on any atom is -0.386 e. The van der Waals surface area contributed by atoms with Crippen LogP contribution in [0.1, 0.15) is 24.5 Å². The zero-order valence-electron chi connectivity index (χ0n) is 19.3. The van der Waals surface area contributed by atoms with Crippen LogP contribution in [0.2, 0.25) is 0 Å². The topological polar surface area (TPSA) is 129 Å². The molecule has 0 aliphatic carbocycles. The van der Waals surface area contributed by atoms with Crippen LogP contribution >= 0.6 is 0 Å². The van der Waals surface area contributed by atoms with E-state index in [-0.39, 0.29) is 38.5 Å². The molecule has 3 rings (SSSR count). The quantitative estimate of drug-likeness (QED) is 0.298. The minimum atomic E-state index is -4.90. The molecule has 202 valence electrons. The van der Waals surface area contributed by atoms with Crippen molar-refractivity contribution in [2.24, 2.45) is 5.16 Å². The van der Waals surface area contributed by atoms with E-state index >= 15 is 0 Å². The Labute approximate surface area is 205 Å². The molecule has 17 heteroatoms. The second-order valence-corrected chi connectivity index (χ2v) is 7.81. The molecular formula is C20H22F6N8O3. The van der Waals surface area contributed by atoms with Crippen LogP contribution in [0.3, 0.4) is 0 Å². The number of amides is 1. The number of carbonyl (C=O) groups is 1. The second-order valence-electron chi connectivity index (χ2n) is 7.81. The zero-order chi connectivity index (χ0) is 27.2. The van der Waals surface area contributed by atoms with Crippen LogP contribution < -0.4 is 15.8 Å². The standard InChI is InChI=1S/C20H22F6N8O3/c1-2-13(31-14-10-29-32-17(36)16(14)20(24,25)26)9-30-37-11-15(35)33-3-5-34(6-4-33)18-27-7-12(8-28-18)19(21,22)23/h7-10,13H,2-6,11H2,1H3,(H2,31,32,36). The van der Waals surface area contributed by atoms with Crippen molar-refractivity contribution in [1.82, 2.24) is 25.1 Å². The fraction of sp³-hybridized carbons (Fsp3) is 0.500. The predicted octanol–water partition coefficient (Wildman–Crippen LogP) is 2.14. The van der Waals surface area contributed by atoms with Gasteiger partial charge in [-0.2, -0.15) is 31.4 Å². The van der Waals surface area contributed by atoms with Gasteiger partial charge >= 0.3 is 12.4 Å². The lowest BCUT2D eigenvalue weighted by Gasteiger charge is -2.34. The molecule has 1 atom stereocenters. The number of hydrogen-bond acceptors (Lipinski definition) is 9. The fourth-order valence-electron chi connectivity index (χ4n) is 3.32. The minimum absolute atomic E-state index is 0.114. The number of carbonyl (C=O) groups excluding carboxylic acids is 1. The van der Waals surface area contributed by atoms with E-state index in [0.717, 1.165) is 12.4 Å². The number of H-pyrrole nitrogens is 1. The summed E-state index contributed by atoms with van der Waals surface area (Å²) >= 11 is 0. The number of aromatic nitrogens is 4. The van der Waals surface area contributed by atoms with Gasteiger partial charge in [-0.25, -0.2) is 15.1 Å². The van der Waals surface area contributed by atoms with E-state index in [1.54, 1.807) is 16.9 Å². The molecule has 1 aliphatic rings. The molecule has 1 aliphatic heterocycles. The smallest absolute Gasteiger partial charge is 0.386 e. The summed E-state index contributed by atoms with van der Waals surface area (Å²) in [4.78, 5) is 39.5. The van der Waals surface area contributed by atoms with E-state index in [9.17, 15) is 35.9 Å². The molecule has 2 N–H and O–H groups in total. The van der Waals surface area contributed by atoms with E-state index < -0.39 is 53.3 Å². The van der Waals surface area contributed by atoms with Gasteiger partial charge in [0.2, 0.25) is 5.95 Å². The molecule has 2 aromatic rings. The third-order valence-corrected chi connectivity index (χ3v) is 5.30. The van der Waals surface area contributed by atoms with Gasteiger partial charge in [-0.1, -0.05) is 12.1 Å². The van der Waals surface area contributed by atoms with Gasteiger partial charge in [-0.15, -0.1) is 0 Å². The van der Waals surface area contributed by atoms with E-state index in [2.05, 4.69) is 25.5 Å². The lowest BCUT2D eigenvalue weighted by Crippen LogP contribution is -2.50. The van der Waals surface area contributed by atoms with Gasteiger partial charge in [-0.05, 0) is 6.42 Å². The third-order valence-electron chi connectivity index (χ3n) is 5.30. The summed E-state index contributed by atoms with van der Waals surface area (Å²) in [6.45, 7) is 2.27. The van der Waals surface area contributed by atoms with E-state index in [1.165, 1.54) is 4.90 Å². The highest BCUT2D eigenvalue weighted by molar-refractivity contribution is 5.78. The summed E-state index contributed by atoms with van der Waals surface area (Å²) in [6.07, 6.45) is -5.78. The average molecular weight is 536 g/mol. The number of oxime groups is 1. The van der Waals surface area contributed by atoms with E-state index in [1.807, 2.05) is 0 Å². The summed E-state index contributed by atoms with van der Waals surface area (Å²) in [7, 11) is 0. The maximum atomic E-state index is 13.2. The first-order chi connectivity index (χ1) is 17.4. The van der Waals surface area contributed by atoms with Crippen LogP contribution in [-0.2, 0) is 22.0 Å². The first kappa shape index (κ1) is 27.7. The highest BCUT2D eigenvalue weighted by Gasteiger charge is 2.37. The Balaban J connectivity index is 1.48. The van der Waals surface area contributed by atoms with Crippen LogP contribution in [0.25, 0.3) is 0 Å². The number of alkyl halides is 6. The highest BCUT2D eigenvalue weighted by atomic mass is 19.4. The Morgan fingerprint density at radius 3 is 2.35 bits per heavy atom. The lowest BCUT2D eigenvalue weighted by molar-refractivity contribution is -0.139. The Morgan fingerprint density at radius 1 is 1.14 bits per heavy atom. The Kier molecular flexibility index (Phi) is 8.54. The van der Waals surface area contributed by atoms with Gasteiger partial charge in [0.1, 0.15) is 5.56 Å². The maximum absolute atomic E-state index is 13.2. The zero-order valence-corrected chi connectivity index (χ0v) is 19.3. The number of hydrogen-bond donors (Lipinski definition) is 2.